The van der Waals surface area contributed by atoms with Gasteiger partial charge in [0.25, 0.3) is 5.91 Å². The van der Waals surface area contributed by atoms with Crippen LogP contribution < -0.4 is 15.5 Å². The van der Waals surface area contributed by atoms with Gasteiger partial charge < -0.3 is 15.5 Å². The highest BCUT2D eigenvalue weighted by atomic mass is 32.2. The summed E-state index contributed by atoms with van der Waals surface area (Å²) in [5.74, 6) is -1.36. The largest absolute Gasteiger partial charge is 0.369 e. The molecule has 2 aliphatic heterocycles. The number of benzene rings is 1. The molecule has 1 unspecified atom stereocenters. The van der Waals surface area contributed by atoms with E-state index in [1.54, 1.807) is 12.1 Å². The first kappa shape index (κ1) is 23.1. The predicted octanol–water partition coefficient (Wildman–Crippen LogP) is 0.769. The Labute approximate surface area is 190 Å². The van der Waals surface area contributed by atoms with Crippen LogP contribution in [0.4, 0.5) is 14.5 Å². The van der Waals surface area contributed by atoms with Crippen molar-refractivity contribution >= 4 is 21.6 Å². The zero-order chi connectivity index (χ0) is 23.6. The zero-order valence-electron chi connectivity index (χ0n) is 17.8. The summed E-state index contributed by atoms with van der Waals surface area (Å²) in [6.45, 7) is 5.04. The van der Waals surface area contributed by atoms with Gasteiger partial charge in [-0.05, 0) is 30.7 Å². The number of hydrogen-bond acceptors (Lipinski definition) is 7. The molecule has 0 saturated carbocycles. The van der Waals surface area contributed by atoms with Crippen molar-refractivity contribution in [2.75, 3.05) is 36.8 Å². The van der Waals surface area contributed by atoms with E-state index >= 15 is 0 Å². The van der Waals surface area contributed by atoms with Gasteiger partial charge in [-0.1, -0.05) is 6.58 Å². The van der Waals surface area contributed by atoms with Crippen molar-refractivity contribution in [1.29, 1.82) is 0 Å². The van der Waals surface area contributed by atoms with Gasteiger partial charge in [-0.3, -0.25) is 4.79 Å². The van der Waals surface area contributed by atoms with Crippen LogP contribution in [0.2, 0.25) is 0 Å². The van der Waals surface area contributed by atoms with Crippen molar-refractivity contribution in [2.24, 2.45) is 0 Å². The summed E-state index contributed by atoms with van der Waals surface area (Å²) in [6, 6.07) is 6.05. The first-order chi connectivity index (χ1) is 15.7. The Morgan fingerprint density at radius 3 is 2.24 bits per heavy atom. The van der Waals surface area contributed by atoms with Crippen molar-refractivity contribution in [1.82, 2.24) is 24.9 Å². The maximum Gasteiger partial charge on any atom is 0.252 e. The van der Waals surface area contributed by atoms with Crippen LogP contribution in [-0.4, -0.2) is 66.1 Å². The van der Waals surface area contributed by atoms with E-state index in [1.165, 1.54) is 16.4 Å². The zero-order valence-corrected chi connectivity index (χ0v) is 18.6. The van der Waals surface area contributed by atoms with E-state index < -0.39 is 33.0 Å². The van der Waals surface area contributed by atoms with Gasteiger partial charge in [-0.2, -0.15) is 4.31 Å². The number of amides is 1. The van der Waals surface area contributed by atoms with Crippen LogP contribution in [0.1, 0.15) is 12.2 Å². The number of nitrogens with one attached hydrogen (secondary N) is 2. The second-order valence-electron chi connectivity index (χ2n) is 8.08. The molecule has 2 aromatic rings. The van der Waals surface area contributed by atoms with Crippen LogP contribution in [-0.2, 0) is 21.2 Å². The molecule has 1 aromatic heterocycles. The third-order valence-corrected chi connectivity index (χ3v) is 7.80. The maximum atomic E-state index is 13.3. The first-order valence-corrected chi connectivity index (χ1v) is 12.0. The van der Waals surface area contributed by atoms with Gasteiger partial charge in [-0.15, -0.1) is 0 Å². The van der Waals surface area contributed by atoms with E-state index in [9.17, 15) is 22.0 Å². The molecule has 2 saturated heterocycles. The van der Waals surface area contributed by atoms with E-state index in [1.807, 2.05) is 4.90 Å². The fraction of sp³-hybridized carbons (Fsp3) is 0.381. The van der Waals surface area contributed by atoms with E-state index in [2.05, 4.69) is 27.2 Å². The van der Waals surface area contributed by atoms with Crippen molar-refractivity contribution in [2.45, 2.75) is 18.4 Å². The summed E-state index contributed by atoms with van der Waals surface area (Å²) in [4.78, 5) is 22.5. The fourth-order valence-electron chi connectivity index (χ4n) is 4.06. The number of nitrogens with zero attached hydrogens (tertiary/aromatic N) is 4. The van der Waals surface area contributed by atoms with Gasteiger partial charge in [0, 0.05) is 38.3 Å². The molecule has 33 heavy (non-hydrogen) atoms. The molecule has 1 aromatic carbocycles. The highest BCUT2D eigenvalue weighted by Crippen LogP contribution is 2.25. The quantitative estimate of drug-likeness (QED) is 0.605. The van der Waals surface area contributed by atoms with Crippen LogP contribution in [0.5, 0.6) is 0 Å². The number of rotatable bonds is 7. The minimum Gasteiger partial charge on any atom is -0.369 e. The van der Waals surface area contributed by atoms with Gasteiger partial charge in [0.15, 0.2) is 5.82 Å². The Hall–Kier alpha value is -3.12. The Morgan fingerprint density at radius 1 is 1.03 bits per heavy atom. The average Bonchev–Trinajstić information content (AvgIpc) is 3.06. The van der Waals surface area contributed by atoms with E-state index in [0.717, 1.165) is 18.1 Å². The van der Waals surface area contributed by atoms with E-state index in [4.69, 9.17) is 0 Å². The normalized spacial score (nSPS) is 21.7. The lowest BCUT2D eigenvalue weighted by atomic mass is 9.95. The molecular formula is C21H24F2N6O3S. The summed E-state index contributed by atoms with van der Waals surface area (Å²) < 4.78 is 54.2. The molecule has 1 amide bonds. The van der Waals surface area contributed by atoms with E-state index in [-0.39, 0.29) is 37.6 Å². The van der Waals surface area contributed by atoms with Gasteiger partial charge in [-0.25, -0.2) is 27.2 Å². The Kier molecular flexibility index (Phi) is 6.30. The number of piperazine rings is 1. The molecule has 0 radical (unpaired) electrons. The Balaban J connectivity index is 1.45. The van der Waals surface area contributed by atoms with E-state index in [0.29, 0.717) is 18.9 Å². The first-order valence-electron chi connectivity index (χ1n) is 10.4. The number of carbonyl (C=O) groups is 1. The lowest BCUT2D eigenvalue weighted by Crippen LogP contribution is -2.57. The van der Waals surface area contributed by atoms with Crippen LogP contribution >= 0.6 is 0 Å². The molecule has 2 N–H and O–H groups in total. The van der Waals surface area contributed by atoms with Gasteiger partial charge in [0.05, 0.1) is 24.0 Å². The second kappa shape index (κ2) is 9.02. The number of halogens is 2. The maximum absolute atomic E-state index is 13.3. The third-order valence-electron chi connectivity index (χ3n) is 5.79. The molecule has 1 atom stereocenters. The number of aromatic nitrogens is 2. The summed E-state index contributed by atoms with van der Waals surface area (Å²) in [5.41, 5.74) is -0.626. The van der Waals surface area contributed by atoms with Crippen LogP contribution in [0.25, 0.3) is 0 Å². The predicted molar refractivity (Wildman–Crippen MR) is 117 cm³/mol. The molecule has 0 spiro atoms. The highest BCUT2D eigenvalue weighted by molar-refractivity contribution is 7.89. The van der Waals surface area contributed by atoms with Crippen LogP contribution in [0.3, 0.4) is 0 Å². The second-order valence-corrected chi connectivity index (χ2v) is 10.0. The van der Waals surface area contributed by atoms with Crippen LogP contribution in [0, 0.1) is 11.6 Å². The smallest absolute Gasteiger partial charge is 0.252 e. The lowest BCUT2D eigenvalue weighted by Gasteiger charge is -2.37. The molecule has 12 heteroatoms. The number of aryl methyl sites for hydroxylation is 1. The number of anilines is 1. The van der Waals surface area contributed by atoms with Crippen molar-refractivity contribution in [3.05, 3.63) is 66.5 Å². The lowest BCUT2D eigenvalue weighted by molar-refractivity contribution is -0.123. The topological polar surface area (TPSA) is 108 Å². The number of sulfonamides is 1. The Bertz CT molecular complexity index is 1140. The van der Waals surface area contributed by atoms with Crippen molar-refractivity contribution in [3.63, 3.8) is 0 Å². The number of carbonyl (C=O) groups excluding carboxylic acids is 1. The summed E-state index contributed by atoms with van der Waals surface area (Å²) in [5, 5.41) is 5.44. The average molecular weight is 479 g/mol. The molecule has 9 nitrogen and oxygen atoms in total. The minimum atomic E-state index is -3.82. The molecule has 0 bridgehead atoms. The summed E-state index contributed by atoms with van der Waals surface area (Å²) in [7, 11) is -3.82. The number of hydrogen-bond donors (Lipinski definition) is 2. The molecular weight excluding hydrogens is 454 g/mol. The monoisotopic (exact) mass is 478 g/mol. The highest BCUT2D eigenvalue weighted by Gasteiger charge is 2.48. The minimum absolute atomic E-state index is 0.0816. The fourth-order valence-corrected chi connectivity index (χ4v) is 5.93. The molecule has 2 fully saturated rings. The van der Waals surface area contributed by atoms with Crippen molar-refractivity contribution < 1.29 is 22.0 Å². The van der Waals surface area contributed by atoms with Crippen molar-refractivity contribution in [3.8, 4) is 0 Å². The van der Waals surface area contributed by atoms with Gasteiger partial charge in [0.2, 0.25) is 10.0 Å². The third kappa shape index (κ3) is 5.11. The van der Waals surface area contributed by atoms with Gasteiger partial charge >= 0.3 is 0 Å². The molecule has 2 aliphatic rings. The molecule has 0 aliphatic carbocycles. The molecule has 176 valence electrons. The summed E-state index contributed by atoms with van der Waals surface area (Å²) in [6.07, 6.45) is 2.29. The standard InChI is InChI=1S/C21H24F2N6O3S/c1-15-26-20(30)21(27-15,7-6-19-24-12-17(23)13-25-19)14-33(31,32)29-10-8-28(9-11-29)18-4-2-16(22)3-5-18/h2-5,12-13,27H,1,6-11,14H2,(H,26,30). The van der Waals surface area contributed by atoms with Crippen LogP contribution in [0.15, 0.2) is 49.1 Å². The SMILES string of the molecule is C=C1NC(=O)C(CCc2ncc(F)cn2)(CS(=O)(=O)N2CCN(c3ccc(F)cc3)CC2)N1. The molecule has 3 heterocycles. The molecule has 4 rings (SSSR count). The summed E-state index contributed by atoms with van der Waals surface area (Å²) >= 11 is 0. The Morgan fingerprint density at radius 2 is 1.67 bits per heavy atom. The van der Waals surface area contributed by atoms with Gasteiger partial charge in [0.1, 0.15) is 17.2 Å².